The summed E-state index contributed by atoms with van der Waals surface area (Å²) in [7, 11) is 1.72. The van der Waals surface area contributed by atoms with E-state index in [0.29, 0.717) is 18.1 Å². The van der Waals surface area contributed by atoms with E-state index < -0.39 is 0 Å². The van der Waals surface area contributed by atoms with E-state index in [1.165, 1.54) is 30.4 Å². The molecule has 3 heterocycles. The molecule has 0 aromatic heterocycles. The van der Waals surface area contributed by atoms with Crippen molar-refractivity contribution in [3.05, 3.63) is 77.9 Å². The number of nitrogens with zero attached hydrogens (tertiary/aromatic N) is 2. The molecule has 1 saturated carbocycles. The number of amides is 1. The quantitative estimate of drug-likeness (QED) is 0.612. The Labute approximate surface area is 197 Å². The Balaban J connectivity index is 1.38. The van der Waals surface area contributed by atoms with Gasteiger partial charge < -0.3 is 10.1 Å². The number of piperazine rings is 1. The van der Waals surface area contributed by atoms with Crippen molar-refractivity contribution < 1.29 is 9.53 Å². The summed E-state index contributed by atoms with van der Waals surface area (Å²) in [4.78, 5) is 17.9. The van der Waals surface area contributed by atoms with Crippen molar-refractivity contribution in [1.82, 2.24) is 15.1 Å². The number of hydrogen-bond donors (Lipinski definition) is 1. The van der Waals surface area contributed by atoms with Crippen molar-refractivity contribution in [2.24, 2.45) is 0 Å². The molecule has 2 aromatic carbocycles. The number of piperidine rings is 1. The van der Waals surface area contributed by atoms with Crippen LogP contribution in [-0.4, -0.2) is 60.6 Å². The Morgan fingerprint density at radius 1 is 1.12 bits per heavy atom. The van der Waals surface area contributed by atoms with Crippen LogP contribution >= 0.6 is 0 Å². The van der Waals surface area contributed by atoms with Gasteiger partial charge in [0.05, 0.1) is 13.2 Å². The topological polar surface area (TPSA) is 44.8 Å². The molecule has 2 aromatic rings. The van der Waals surface area contributed by atoms with Crippen molar-refractivity contribution in [3.63, 3.8) is 0 Å². The maximum Gasteiger partial charge on any atom is 0.251 e. The minimum absolute atomic E-state index is 0.0469. The van der Waals surface area contributed by atoms with E-state index in [9.17, 15) is 4.79 Å². The molecule has 6 rings (SSSR count). The first kappa shape index (κ1) is 22.2. The standard InChI is InChI=1S/C28H35N3O2/c1-3-15-31-24-17-25(31)19-30(18-24)27(22-7-6-10-26(16-22)33-2)20-11-13-21(14-12-20)28(32)29-23-8-4-5-9-23/h3,6-7,10-14,16,23-25,27H,1,4-5,8-9,15,17-19H2,2H3,(H,29,32). The van der Waals surface area contributed by atoms with Crippen molar-refractivity contribution in [2.75, 3.05) is 26.7 Å². The number of carbonyl (C=O) groups excluding carboxylic acids is 1. The van der Waals surface area contributed by atoms with Gasteiger partial charge in [-0.2, -0.15) is 0 Å². The third-order valence-corrected chi connectivity index (χ3v) is 7.67. The molecular weight excluding hydrogens is 410 g/mol. The van der Waals surface area contributed by atoms with Gasteiger partial charge in [-0.3, -0.25) is 14.6 Å². The minimum Gasteiger partial charge on any atom is -0.497 e. The van der Waals surface area contributed by atoms with Gasteiger partial charge >= 0.3 is 0 Å². The fraction of sp³-hybridized carbons (Fsp3) is 0.464. The van der Waals surface area contributed by atoms with E-state index in [-0.39, 0.29) is 11.9 Å². The van der Waals surface area contributed by atoms with Crippen LogP contribution < -0.4 is 10.1 Å². The average Bonchev–Trinajstić information content (AvgIpc) is 3.36. The molecule has 3 saturated heterocycles. The van der Waals surface area contributed by atoms with Crippen molar-refractivity contribution >= 4 is 5.91 Å². The molecule has 2 bridgehead atoms. The highest BCUT2D eigenvalue weighted by molar-refractivity contribution is 5.94. The molecule has 4 fully saturated rings. The Kier molecular flexibility index (Phi) is 6.52. The lowest BCUT2D eigenvalue weighted by Gasteiger charge is -2.57. The second kappa shape index (κ2) is 9.70. The fourth-order valence-electron chi connectivity index (χ4n) is 5.96. The smallest absolute Gasteiger partial charge is 0.251 e. The van der Waals surface area contributed by atoms with Crippen LogP contribution in [0.4, 0.5) is 0 Å². The molecule has 1 amide bonds. The molecule has 33 heavy (non-hydrogen) atoms. The molecule has 1 N–H and O–H groups in total. The van der Waals surface area contributed by atoms with Gasteiger partial charge in [0.2, 0.25) is 0 Å². The van der Waals surface area contributed by atoms with Crippen molar-refractivity contribution in [2.45, 2.75) is 56.3 Å². The highest BCUT2D eigenvalue weighted by atomic mass is 16.5. The Morgan fingerprint density at radius 2 is 1.85 bits per heavy atom. The van der Waals surface area contributed by atoms with E-state index >= 15 is 0 Å². The first-order valence-electron chi connectivity index (χ1n) is 12.3. The number of methoxy groups -OCH3 is 1. The average molecular weight is 446 g/mol. The maximum atomic E-state index is 12.7. The number of nitrogens with one attached hydrogen (secondary N) is 1. The van der Waals surface area contributed by atoms with Gasteiger partial charge in [-0.15, -0.1) is 6.58 Å². The number of carbonyl (C=O) groups is 1. The molecule has 174 valence electrons. The molecule has 0 spiro atoms. The van der Waals surface area contributed by atoms with Crippen LogP contribution in [-0.2, 0) is 0 Å². The molecule has 5 heteroatoms. The van der Waals surface area contributed by atoms with E-state index in [1.807, 2.05) is 24.3 Å². The van der Waals surface area contributed by atoms with E-state index in [4.69, 9.17) is 4.74 Å². The van der Waals surface area contributed by atoms with Crippen LogP contribution in [0.5, 0.6) is 5.75 Å². The number of rotatable bonds is 8. The third kappa shape index (κ3) is 4.57. The van der Waals surface area contributed by atoms with Crippen LogP contribution in [0, 0.1) is 0 Å². The second-order valence-corrected chi connectivity index (χ2v) is 9.74. The number of hydrogen-bond acceptors (Lipinski definition) is 4. The summed E-state index contributed by atoms with van der Waals surface area (Å²) in [5, 5.41) is 3.20. The normalized spacial score (nSPS) is 24.2. The highest BCUT2D eigenvalue weighted by Crippen LogP contribution is 2.39. The largest absolute Gasteiger partial charge is 0.497 e. The van der Waals surface area contributed by atoms with Crippen molar-refractivity contribution in [1.29, 1.82) is 0 Å². The number of benzene rings is 2. The van der Waals surface area contributed by atoms with E-state index in [2.05, 4.69) is 52.0 Å². The predicted molar refractivity (Wildman–Crippen MR) is 132 cm³/mol. The summed E-state index contributed by atoms with van der Waals surface area (Å²) in [6, 6.07) is 18.3. The van der Waals surface area contributed by atoms with Crippen LogP contribution in [0.3, 0.4) is 0 Å². The van der Waals surface area contributed by atoms with Gasteiger partial charge in [-0.05, 0) is 54.7 Å². The zero-order valence-corrected chi connectivity index (χ0v) is 19.6. The zero-order chi connectivity index (χ0) is 22.8. The molecule has 3 aliphatic heterocycles. The number of ether oxygens (including phenoxy) is 1. The molecule has 3 atom stereocenters. The van der Waals surface area contributed by atoms with Crippen LogP contribution in [0.1, 0.15) is 59.6 Å². The van der Waals surface area contributed by atoms with Gasteiger partial charge in [0.1, 0.15) is 5.75 Å². The molecule has 4 aliphatic rings. The fourth-order valence-corrected chi connectivity index (χ4v) is 5.96. The van der Waals surface area contributed by atoms with E-state index in [0.717, 1.165) is 43.8 Å². The maximum absolute atomic E-state index is 12.7. The lowest BCUT2D eigenvalue weighted by atomic mass is 9.84. The first-order valence-corrected chi connectivity index (χ1v) is 12.3. The Morgan fingerprint density at radius 3 is 2.52 bits per heavy atom. The lowest BCUT2D eigenvalue weighted by molar-refractivity contribution is -0.0706. The summed E-state index contributed by atoms with van der Waals surface area (Å²) in [6.45, 7) is 6.98. The summed E-state index contributed by atoms with van der Waals surface area (Å²) >= 11 is 0. The van der Waals surface area contributed by atoms with Crippen LogP contribution in [0.2, 0.25) is 0 Å². The molecule has 1 aliphatic carbocycles. The predicted octanol–water partition coefficient (Wildman–Crippen LogP) is 4.40. The summed E-state index contributed by atoms with van der Waals surface area (Å²) in [5.74, 6) is 0.922. The Bertz CT molecular complexity index is 971. The molecule has 0 radical (unpaired) electrons. The minimum atomic E-state index is 0.0469. The van der Waals surface area contributed by atoms with Gasteiger partial charge in [0.25, 0.3) is 5.91 Å². The lowest BCUT2D eigenvalue weighted by Crippen LogP contribution is -2.68. The highest BCUT2D eigenvalue weighted by Gasteiger charge is 2.45. The molecule has 5 nitrogen and oxygen atoms in total. The second-order valence-electron chi connectivity index (χ2n) is 9.74. The zero-order valence-electron chi connectivity index (χ0n) is 19.6. The van der Waals surface area contributed by atoms with Gasteiger partial charge in [0.15, 0.2) is 0 Å². The van der Waals surface area contributed by atoms with Crippen LogP contribution in [0.15, 0.2) is 61.2 Å². The molecular formula is C28H35N3O2. The van der Waals surface area contributed by atoms with Crippen LogP contribution in [0.25, 0.3) is 0 Å². The first-order chi connectivity index (χ1) is 16.2. The SMILES string of the molecule is C=CCN1C2CC1CN(C(c1ccc(C(=O)NC3CCCC3)cc1)c1cccc(OC)c1)C2. The van der Waals surface area contributed by atoms with Gasteiger partial charge in [-0.25, -0.2) is 0 Å². The summed E-state index contributed by atoms with van der Waals surface area (Å²) in [6.07, 6.45) is 7.92. The Hall–Kier alpha value is -2.63. The summed E-state index contributed by atoms with van der Waals surface area (Å²) in [5.41, 5.74) is 3.19. The van der Waals surface area contributed by atoms with E-state index in [1.54, 1.807) is 7.11 Å². The summed E-state index contributed by atoms with van der Waals surface area (Å²) < 4.78 is 5.53. The monoisotopic (exact) mass is 445 g/mol. The van der Waals surface area contributed by atoms with Gasteiger partial charge in [-0.1, -0.05) is 43.2 Å². The number of fused-ring (bicyclic) bond motifs is 2. The van der Waals surface area contributed by atoms with Gasteiger partial charge in [0, 0.05) is 43.3 Å². The molecule has 3 unspecified atom stereocenters. The third-order valence-electron chi connectivity index (χ3n) is 7.67. The van der Waals surface area contributed by atoms with Crippen molar-refractivity contribution in [3.8, 4) is 5.75 Å².